The number of carboxylic acid groups (broad SMARTS) is 1. The molecule has 0 radical (unpaired) electrons. The van der Waals surface area contributed by atoms with E-state index >= 15 is 0 Å². The molecule has 2 aliphatic rings. The van der Waals surface area contributed by atoms with Crippen LogP contribution >= 0.6 is 0 Å². The number of unbranched alkanes of at least 4 members (excludes halogenated alkanes) is 1. The molecule has 2 bridgehead atoms. The lowest BCUT2D eigenvalue weighted by atomic mass is 10.1. The van der Waals surface area contributed by atoms with Gasteiger partial charge in [-0.25, -0.2) is 9.59 Å². The fourth-order valence-electron chi connectivity index (χ4n) is 2.91. The molecule has 1 saturated carbocycles. The lowest BCUT2D eigenvalue weighted by Gasteiger charge is -2.16. The summed E-state index contributed by atoms with van der Waals surface area (Å²) in [4.78, 5) is 22.8. The summed E-state index contributed by atoms with van der Waals surface area (Å²) in [5.41, 5.74) is 6.59. The number of alkyl carbamates (subject to hydrolysis) is 1. The zero-order chi connectivity index (χ0) is 14.5. The molecule has 0 aromatic carbocycles. The monoisotopic (exact) mass is 282 g/mol. The third-order valence-electron chi connectivity index (χ3n) is 4.01. The summed E-state index contributed by atoms with van der Waals surface area (Å²) in [5.74, 6) is 0.335. The molecule has 0 spiro atoms. The first kappa shape index (κ1) is 14.8. The maximum atomic E-state index is 11.8. The number of hydrogen-bond acceptors (Lipinski definition) is 4. The van der Waals surface area contributed by atoms with Crippen LogP contribution in [0, 0.1) is 5.92 Å². The van der Waals surface area contributed by atoms with Crippen molar-refractivity contribution in [3.63, 3.8) is 0 Å². The van der Waals surface area contributed by atoms with Crippen molar-refractivity contribution in [2.45, 2.75) is 51.0 Å². The van der Waals surface area contributed by atoms with Gasteiger partial charge in [0, 0.05) is 6.42 Å². The number of ether oxygens (including phenoxy) is 1. The third kappa shape index (κ3) is 3.72. The number of hydrogen-bond donors (Lipinski definition) is 3. The van der Waals surface area contributed by atoms with Crippen LogP contribution in [0.1, 0.15) is 44.9 Å². The van der Waals surface area contributed by atoms with Crippen molar-refractivity contribution in [2.75, 3.05) is 6.54 Å². The molecule has 4 N–H and O–H groups in total. The van der Waals surface area contributed by atoms with Gasteiger partial charge in [0.2, 0.25) is 0 Å². The van der Waals surface area contributed by atoms with Crippen LogP contribution in [-0.2, 0) is 9.53 Å². The van der Waals surface area contributed by atoms with E-state index in [0.717, 1.165) is 31.4 Å². The highest BCUT2D eigenvalue weighted by atomic mass is 16.6. The normalized spacial score (nSPS) is 21.9. The average Bonchev–Trinajstić information content (AvgIpc) is 2.99. The maximum absolute atomic E-state index is 11.8. The quantitative estimate of drug-likeness (QED) is 0.617. The summed E-state index contributed by atoms with van der Waals surface area (Å²) >= 11 is 0. The number of fused-ring (bicyclic) bond motifs is 2. The summed E-state index contributed by atoms with van der Waals surface area (Å²) in [5, 5.41) is 11.5. The van der Waals surface area contributed by atoms with Crippen LogP contribution in [0.2, 0.25) is 0 Å². The predicted molar refractivity (Wildman–Crippen MR) is 72.9 cm³/mol. The molecule has 2 aliphatic carbocycles. The predicted octanol–water partition coefficient (Wildman–Crippen LogP) is 1.75. The minimum absolute atomic E-state index is 0.371. The molecule has 1 amide bonds. The Kier molecular flexibility index (Phi) is 5.00. The molecule has 0 heterocycles. The van der Waals surface area contributed by atoms with E-state index in [0.29, 0.717) is 25.3 Å². The number of carbonyl (C=O) groups excluding carboxylic acids is 1. The van der Waals surface area contributed by atoms with Gasteiger partial charge >= 0.3 is 12.1 Å². The summed E-state index contributed by atoms with van der Waals surface area (Å²) in [6.45, 7) is 0.522. The van der Waals surface area contributed by atoms with E-state index in [-0.39, 0.29) is 0 Å². The van der Waals surface area contributed by atoms with E-state index in [1.165, 1.54) is 12.0 Å². The van der Waals surface area contributed by atoms with Gasteiger partial charge < -0.3 is 20.9 Å². The summed E-state index contributed by atoms with van der Waals surface area (Å²) in [6, 6.07) is -0.904. The van der Waals surface area contributed by atoms with Crippen molar-refractivity contribution in [1.29, 1.82) is 0 Å². The number of allylic oxidation sites excluding steroid dienone is 2. The molecule has 20 heavy (non-hydrogen) atoms. The van der Waals surface area contributed by atoms with Gasteiger partial charge in [-0.05, 0) is 56.6 Å². The minimum atomic E-state index is -1.04. The Morgan fingerprint density at radius 1 is 1.40 bits per heavy atom. The largest absolute Gasteiger partial charge is 0.480 e. The first-order valence-corrected chi connectivity index (χ1v) is 7.22. The van der Waals surface area contributed by atoms with Crippen LogP contribution in [-0.4, -0.2) is 29.8 Å². The Labute approximate surface area is 118 Å². The van der Waals surface area contributed by atoms with Gasteiger partial charge in [-0.1, -0.05) is 0 Å². The highest BCUT2D eigenvalue weighted by Gasteiger charge is 2.33. The second-order valence-electron chi connectivity index (χ2n) is 5.55. The van der Waals surface area contributed by atoms with E-state index in [9.17, 15) is 9.59 Å². The number of carboxylic acids is 1. The average molecular weight is 282 g/mol. The zero-order valence-electron chi connectivity index (χ0n) is 11.6. The number of amides is 1. The van der Waals surface area contributed by atoms with Gasteiger partial charge in [-0.3, -0.25) is 0 Å². The molecule has 2 rings (SSSR count). The molecular formula is C14H22N2O4. The van der Waals surface area contributed by atoms with Gasteiger partial charge in [0.05, 0.1) is 0 Å². The van der Waals surface area contributed by atoms with Crippen molar-refractivity contribution in [2.24, 2.45) is 11.7 Å². The van der Waals surface area contributed by atoms with E-state index in [2.05, 4.69) is 5.32 Å². The van der Waals surface area contributed by atoms with Crippen LogP contribution in [0.3, 0.4) is 0 Å². The lowest BCUT2D eigenvalue weighted by Crippen LogP contribution is -2.41. The Balaban J connectivity index is 1.81. The second kappa shape index (κ2) is 6.74. The van der Waals surface area contributed by atoms with Gasteiger partial charge in [0.25, 0.3) is 0 Å². The Morgan fingerprint density at radius 3 is 2.75 bits per heavy atom. The number of carbonyl (C=O) groups is 2. The zero-order valence-corrected chi connectivity index (χ0v) is 11.6. The molecule has 0 saturated heterocycles. The fourth-order valence-corrected chi connectivity index (χ4v) is 2.91. The minimum Gasteiger partial charge on any atom is -0.480 e. The smallest absolute Gasteiger partial charge is 0.412 e. The van der Waals surface area contributed by atoms with Crippen LogP contribution in [0.25, 0.3) is 0 Å². The Morgan fingerprint density at radius 2 is 2.20 bits per heavy atom. The molecule has 0 aromatic rings. The third-order valence-corrected chi connectivity index (χ3v) is 4.01. The second-order valence-corrected chi connectivity index (χ2v) is 5.55. The summed E-state index contributed by atoms with van der Waals surface area (Å²) < 4.78 is 5.27. The molecule has 6 nitrogen and oxygen atoms in total. The van der Waals surface area contributed by atoms with Gasteiger partial charge in [-0.2, -0.15) is 0 Å². The van der Waals surface area contributed by atoms with Gasteiger partial charge in [0.1, 0.15) is 11.8 Å². The molecule has 0 aliphatic heterocycles. The van der Waals surface area contributed by atoms with Crippen LogP contribution in [0.5, 0.6) is 0 Å². The first-order valence-electron chi connectivity index (χ1n) is 7.22. The molecule has 112 valence electrons. The van der Waals surface area contributed by atoms with E-state index < -0.39 is 18.1 Å². The number of nitrogens with one attached hydrogen (secondary N) is 1. The first-order chi connectivity index (χ1) is 9.60. The molecular weight excluding hydrogens is 260 g/mol. The van der Waals surface area contributed by atoms with Crippen molar-refractivity contribution >= 4 is 12.1 Å². The Hall–Kier alpha value is -1.56. The van der Waals surface area contributed by atoms with Gasteiger partial charge in [-0.15, -0.1) is 0 Å². The van der Waals surface area contributed by atoms with E-state index in [4.69, 9.17) is 15.6 Å². The standard InChI is InChI=1S/C14H22N2O4/c15-6-2-1-3-11(13(17)18)16-14(19)20-12-8-9-4-5-10(12)7-9/h9,11H,1-8,15H2,(H,16,19)(H,17,18)/t9?,11-/m0/s1. The van der Waals surface area contributed by atoms with Crippen molar-refractivity contribution < 1.29 is 19.4 Å². The van der Waals surface area contributed by atoms with Crippen molar-refractivity contribution in [3.8, 4) is 0 Å². The number of rotatable bonds is 7. The van der Waals surface area contributed by atoms with E-state index in [1.54, 1.807) is 0 Å². The summed E-state index contributed by atoms with van der Waals surface area (Å²) in [7, 11) is 0. The molecule has 0 aromatic heterocycles. The number of aliphatic carboxylic acids is 1. The lowest BCUT2D eigenvalue weighted by molar-refractivity contribution is -0.139. The highest BCUT2D eigenvalue weighted by Crippen LogP contribution is 2.44. The van der Waals surface area contributed by atoms with Crippen LogP contribution < -0.4 is 11.1 Å². The van der Waals surface area contributed by atoms with Crippen molar-refractivity contribution in [3.05, 3.63) is 11.3 Å². The molecule has 2 atom stereocenters. The Bertz CT molecular complexity index is 419. The maximum Gasteiger partial charge on any atom is 0.412 e. The number of nitrogens with two attached hydrogens (primary N) is 1. The topological polar surface area (TPSA) is 102 Å². The van der Waals surface area contributed by atoms with E-state index in [1.807, 2.05) is 0 Å². The molecule has 1 fully saturated rings. The van der Waals surface area contributed by atoms with Crippen LogP contribution in [0.4, 0.5) is 4.79 Å². The van der Waals surface area contributed by atoms with Gasteiger partial charge in [0.15, 0.2) is 0 Å². The molecule has 6 heteroatoms. The van der Waals surface area contributed by atoms with Crippen LogP contribution in [0.15, 0.2) is 11.3 Å². The highest BCUT2D eigenvalue weighted by molar-refractivity contribution is 5.80. The fraction of sp³-hybridized carbons (Fsp3) is 0.714. The SMILES string of the molecule is NCCCC[C@H](NC(=O)OC1=C2CCC(C2)C1)C(=O)O. The summed E-state index contributed by atoms with van der Waals surface area (Å²) in [6.07, 6.45) is 5.17. The van der Waals surface area contributed by atoms with Crippen molar-refractivity contribution in [1.82, 2.24) is 5.32 Å². The molecule has 1 unspecified atom stereocenters.